The van der Waals surface area contributed by atoms with E-state index in [1.54, 1.807) is 12.4 Å². The quantitative estimate of drug-likeness (QED) is 0.705. The molecule has 2 N–H and O–H groups in total. The minimum atomic E-state index is -0.182. The van der Waals surface area contributed by atoms with Crippen molar-refractivity contribution in [2.24, 2.45) is 0 Å². The van der Waals surface area contributed by atoms with E-state index in [0.29, 0.717) is 17.4 Å². The molecule has 1 aliphatic rings. The number of hydrogen-bond donors (Lipinski definition) is 2. The van der Waals surface area contributed by atoms with Crippen molar-refractivity contribution in [3.05, 3.63) is 35.7 Å². The summed E-state index contributed by atoms with van der Waals surface area (Å²) in [6.07, 6.45) is 7.90. The van der Waals surface area contributed by atoms with Crippen LogP contribution < -0.4 is 10.2 Å². The van der Waals surface area contributed by atoms with Crippen molar-refractivity contribution < 1.29 is 4.79 Å². The molecule has 0 aliphatic carbocycles. The molecule has 4 heterocycles. The van der Waals surface area contributed by atoms with Crippen LogP contribution in [0.15, 0.2) is 30.7 Å². The van der Waals surface area contributed by atoms with Gasteiger partial charge in [0, 0.05) is 42.6 Å². The minimum Gasteiger partial charge on any atom is -0.354 e. The second kappa shape index (κ2) is 7.52. The van der Waals surface area contributed by atoms with Crippen molar-refractivity contribution in [2.45, 2.75) is 32.2 Å². The number of aromatic nitrogens is 4. The Bertz CT molecular complexity index is 972. The van der Waals surface area contributed by atoms with Crippen LogP contribution in [0, 0.1) is 0 Å². The van der Waals surface area contributed by atoms with Gasteiger partial charge in [-0.05, 0) is 31.4 Å². The number of carbonyl (C=O) groups is 1. The van der Waals surface area contributed by atoms with Gasteiger partial charge in [0.2, 0.25) is 5.91 Å². The summed E-state index contributed by atoms with van der Waals surface area (Å²) in [5.41, 5.74) is 1.58. The molecule has 4 rings (SSSR count). The zero-order chi connectivity index (χ0) is 18.8. The Labute approximate surface area is 162 Å². The summed E-state index contributed by atoms with van der Waals surface area (Å²) in [5, 5.41) is 4.43. The summed E-state index contributed by atoms with van der Waals surface area (Å²) in [5.74, 6) is 1.42. The first kappa shape index (κ1) is 17.7. The van der Waals surface area contributed by atoms with Crippen molar-refractivity contribution in [1.29, 1.82) is 0 Å². The molecule has 1 atom stereocenters. The first-order chi connectivity index (χ1) is 13.2. The van der Waals surface area contributed by atoms with Gasteiger partial charge in [-0.25, -0.2) is 15.0 Å². The number of hydrogen-bond acceptors (Lipinski definition) is 5. The summed E-state index contributed by atoms with van der Waals surface area (Å²) in [7, 11) is 0. The highest BCUT2D eigenvalue weighted by molar-refractivity contribution is 6.31. The predicted octanol–water partition coefficient (Wildman–Crippen LogP) is 3.17. The average molecular weight is 385 g/mol. The molecular weight excluding hydrogens is 364 g/mol. The van der Waals surface area contributed by atoms with Crippen LogP contribution in [0.3, 0.4) is 0 Å². The van der Waals surface area contributed by atoms with Gasteiger partial charge < -0.3 is 15.2 Å². The molecule has 0 aromatic carbocycles. The number of pyridine rings is 1. The van der Waals surface area contributed by atoms with Gasteiger partial charge in [0.25, 0.3) is 0 Å². The van der Waals surface area contributed by atoms with Gasteiger partial charge in [-0.3, -0.25) is 4.79 Å². The third kappa shape index (κ3) is 3.47. The molecule has 1 amide bonds. The Balaban J connectivity index is 1.66. The second-order valence-electron chi connectivity index (χ2n) is 6.63. The number of anilines is 1. The Morgan fingerprint density at radius 2 is 2.33 bits per heavy atom. The van der Waals surface area contributed by atoms with Gasteiger partial charge in [-0.15, -0.1) is 0 Å². The van der Waals surface area contributed by atoms with E-state index in [4.69, 9.17) is 16.6 Å². The van der Waals surface area contributed by atoms with E-state index in [2.05, 4.69) is 25.2 Å². The summed E-state index contributed by atoms with van der Waals surface area (Å²) in [6.45, 7) is 3.55. The minimum absolute atomic E-state index is 0.0672. The van der Waals surface area contributed by atoms with Crippen molar-refractivity contribution in [3.8, 4) is 11.4 Å². The zero-order valence-corrected chi connectivity index (χ0v) is 15.8. The van der Waals surface area contributed by atoms with Crippen molar-refractivity contribution in [1.82, 2.24) is 25.3 Å². The summed E-state index contributed by atoms with van der Waals surface area (Å²) >= 11 is 6.10. The highest BCUT2D eigenvalue weighted by atomic mass is 35.5. The van der Waals surface area contributed by atoms with E-state index in [1.165, 1.54) is 0 Å². The summed E-state index contributed by atoms with van der Waals surface area (Å²) in [4.78, 5) is 31.1. The Morgan fingerprint density at radius 3 is 3.19 bits per heavy atom. The third-order valence-corrected chi connectivity index (χ3v) is 4.99. The lowest BCUT2D eigenvalue weighted by molar-refractivity contribution is -0.122. The van der Waals surface area contributed by atoms with Gasteiger partial charge >= 0.3 is 0 Å². The molecule has 1 unspecified atom stereocenters. The van der Waals surface area contributed by atoms with Gasteiger partial charge in [-0.2, -0.15) is 0 Å². The van der Waals surface area contributed by atoms with Crippen LogP contribution in [-0.4, -0.2) is 45.0 Å². The fourth-order valence-corrected chi connectivity index (χ4v) is 3.64. The topological polar surface area (TPSA) is 86.8 Å². The first-order valence-electron chi connectivity index (χ1n) is 9.17. The number of H-pyrrole nitrogens is 1. The van der Waals surface area contributed by atoms with E-state index in [1.807, 2.05) is 25.3 Å². The monoisotopic (exact) mass is 384 g/mol. The van der Waals surface area contributed by atoms with E-state index >= 15 is 0 Å². The van der Waals surface area contributed by atoms with E-state index in [-0.39, 0.29) is 11.9 Å². The lowest BCUT2D eigenvalue weighted by atomic mass is 10.2. The Kier molecular flexibility index (Phi) is 4.94. The van der Waals surface area contributed by atoms with Crippen molar-refractivity contribution >= 4 is 34.4 Å². The van der Waals surface area contributed by atoms with Crippen LogP contribution in [0.2, 0.25) is 5.02 Å². The number of nitrogens with one attached hydrogen (secondary N) is 2. The van der Waals surface area contributed by atoms with Crippen LogP contribution in [0.1, 0.15) is 26.2 Å². The third-order valence-electron chi connectivity index (χ3n) is 4.78. The lowest BCUT2D eigenvalue weighted by Crippen LogP contribution is -2.44. The van der Waals surface area contributed by atoms with Gasteiger partial charge in [0.15, 0.2) is 5.82 Å². The number of aromatic amines is 1. The molecule has 0 bridgehead atoms. The van der Waals surface area contributed by atoms with E-state index in [9.17, 15) is 4.79 Å². The number of fused-ring (bicyclic) bond motifs is 1. The van der Waals surface area contributed by atoms with Gasteiger partial charge in [-0.1, -0.05) is 18.5 Å². The van der Waals surface area contributed by atoms with Crippen molar-refractivity contribution in [3.63, 3.8) is 0 Å². The largest absolute Gasteiger partial charge is 0.354 e. The van der Waals surface area contributed by atoms with Crippen LogP contribution in [0.4, 0.5) is 5.82 Å². The molecule has 8 heteroatoms. The molecule has 7 nitrogen and oxygen atoms in total. The van der Waals surface area contributed by atoms with Crippen LogP contribution in [-0.2, 0) is 4.79 Å². The molecule has 1 fully saturated rings. The molecular formula is C19H21ClN6O. The lowest BCUT2D eigenvalue weighted by Gasteiger charge is -2.25. The summed E-state index contributed by atoms with van der Waals surface area (Å²) < 4.78 is 0. The molecule has 27 heavy (non-hydrogen) atoms. The number of rotatable bonds is 5. The highest BCUT2D eigenvalue weighted by Crippen LogP contribution is 2.30. The number of amides is 1. The molecule has 140 valence electrons. The van der Waals surface area contributed by atoms with Crippen LogP contribution in [0.5, 0.6) is 0 Å². The van der Waals surface area contributed by atoms with Crippen LogP contribution >= 0.6 is 11.6 Å². The molecule has 0 saturated carbocycles. The standard InChI is InChI=1S/C19H21ClN6O/c1-2-6-22-19(27)15-4-3-8-26(15)16-5-7-21-18(25-16)14-11-24-17-13(14)9-12(20)10-23-17/h5,7,9-11,15H,2-4,6,8H2,1H3,(H,22,27)(H,23,24). The predicted molar refractivity (Wildman–Crippen MR) is 106 cm³/mol. The summed E-state index contributed by atoms with van der Waals surface area (Å²) in [6, 6.07) is 3.52. The molecule has 0 radical (unpaired) electrons. The van der Waals surface area contributed by atoms with Gasteiger partial charge in [0.1, 0.15) is 17.5 Å². The Hall–Kier alpha value is -2.67. The second-order valence-corrected chi connectivity index (χ2v) is 7.07. The van der Waals surface area contributed by atoms with E-state index in [0.717, 1.165) is 48.2 Å². The highest BCUT2D eigenvalue weighted by Gasteiger charge is 2.31. The molecule has 1 aliphatic heterocycles. The fourth-order valence-electron chi connectivity index (χ4n) is 3.48. The smallest absolute Gasteiger partial charge is 0.242 e. The molecule has 3 aromatic rings. The fraction of sp³-hybridized carbons (Fsp3) is 0.368. The maximum Gasteiger partial charge on any atom is 0.242 e. The molecule has 0 spiro atoms. The first-order valence-corrected chi connectivity index (χ1v) is 9.55. The number of halogens is 1. The maximum atomic E-state index is 12.5. The normalized spacial score (nSPS) is 16.8. The Morgan fingerprint density at radius 1 is 1.44 bits per heavy atom. The van der Waals surface area contributed by atoms with Gasteiger partial charge in [0.05, 0.1) is 5.02 Å². The maximum absolute atomic E-state index is 12.5. The molecule has 1 saturated heterocycles. The van der Waals surface area contributed by atoms with Crippen LogP contribution in [0.25, 0.3) is 22.4 Å². The average Bonchev–Trinajstić information content (AvgIpc) is 3.33. The number of carbonyl (C=O) groups excluding carboxylic acids is 1. The SMILES string of the molecule is CCCNC(=O)C1CCCN1c1ccnc(-c2c[nH]c3ncc(Cl)cc23)n1. The van der Waals surface area contributed by atoms with Crippen molar-refractivity contribution in [2.75, 3.05) is 18.0 Å². The molecule has 3 aromatic heterocycles. The van der Waals surface area contributed by atoms with E-state index < -0.39 is 0 Å². The zero-order valence-electron chi connectivity index (χ0n) is 15.1. The number of nitrogens with zero attached hydrogens (tertiary/aromatic N) is 4.